The van der Waals surface area contributed by atoms with Crippen LogP contribution in [0, 0.1) is 23.1 Å². The summed E-state index contributed by atoms with van der Waals surface area (Å²) < 4.78 is 56.2. The number of nitrogens with zero attached hydrogens (tertiary/aromatic N) is 4. The van der Waals surface area contributed by atoms with Crippen LogP contribution in [0.5, 0.6) is 5.75 Å². The van der Waals surface area contributed by atoms with E-state index in [-0.39, 0.29) is 34.8 Å². The minimum Gasteiger partial charge on any atom is -0.609 e. The molecule has 1 unspecified atom stereocenters. The van der Waals surface area contributed by atoms with Gasteiger partial charge in [-0.05, 0) is 53.6 Å². The van der Waals surface area contributed by atoms with Crippen molar-refractivity contribution in [2.24, 2.45) is 0 Å². The second-order valence-corrected chi connectivity index (χ2v) is 19.8. The minimum absolute atomic E-state index is 0.00514. The molecule has 1 aliphatic rings. The van der Waals surface area contributed by atoms with Gasteiger partial charge < -0.3 is 18.9 Å². The summed E-state index contributed by atoms with van der Waals surface area (Å²) in [6, 6.07) is 6.65. The van der Waals surface area contributed by atoms with E-state index < -0.39 is 30.9 Å². The molecule has 0 amide bonds. The van der Waals surface area contributed by atoms with E-state index >= 15 is 8.78 Å². The third-order valence-electron chi connectivity index (χ3n) is 9.40. The maximum absolute atomic E-state index is 16.8. The molecule has 2 aromatic heterocycles. The molecule has 244 valence electrons. The van der Waals surface area contributed by atoms with Gasteiger partial charge in [-0.15, -0.1) is 5.54 Å². The van der Waals surface area contributed by atoms with Crippen molar-refractivity contribution in [3.63, 3.8) is 0 Å². The Morgan fingerprint density at radius 1 is 1.09 bits per heavy atom. The molecule has 7 nitrogen and oxygen atoms in total. The molecule has 3 heterocycles. The van der Waals surface area contributed by atoms with Crippen molar-refractivity contribution < 1.29 is 22.8 Å². The molecule has 11 heteroatoms. The van der Waals surface area contributed by atoms with Crippen LogP contribution in [-0.4, -0.2) is 60.3 Å². The van der Waals surface area contributed by atoms with E-state index in [1.54, 1.807) is 18.2 Å². The largest absolute Gasteiger partial charge is 0.609 e. The minimum atomic E-state index is -2.25. The summed E-state index contributed by atoms with van der Waals surface area (Å²) in [6.07, 6.45) is 3.89. The maximum atomic E-state index is 16.8. The molecule has 1 saturated heterocycles. The predicted octanol–water partition coefficient (Wildman–Crippen LogP) is 8.01. The molecule has 5 rings (SSSR count). The molecule has 0 spiro atoms. The molecule has 0 bridgehead atoms. The van der Waals surface area contributed by atoms with Crippen LogP contribution in [0.2, 0.25) is 16.6 Å². The van der Waals surface area contributed by atoms with E-state index in [1.165, 1.54) is 25.6 Å². The topological polar surface area (TPSA) is 83.4 Å². The fourth-order valence-corrected chi connectivity index (χ4v) is 12.6. The zero-order chi connectivity index (χ0) is 33.5. The summed E-state index contributed by atoms with van der Waals surface area (Å²) in [5.41, 5.74) is 5.17. The van der Waals surface area contributed by atoms with Crippen LogP contribution in [0.25, 0.3) is 32.9 Å². The summed E-state index contributed by atoms with van der Waals surface area (Å²) in [4.78, 5) is 15.6. The van der Waals surface area contributed by atoms with E-state index in [0.717, 1.165) is 13.0 Å². The number of ether oxygens (including phenoxy) is 2. The molecule has 0 radical (unpaired) electrons. The highest BCUT2D eigenvalue weighted by molar-refractivity contribution is 7.90. The van der Waals surface area contributed by atoms with Crippen molar-refractivity contribution in [2.75, 3.05) is 31.6 Å². The van der Waals surface area contributed by atoms with Gasteiger partial charge in [0.25, 0.3) is 0 Å². The van der Waals surface area contributed by atoms with Crippen molar-refractivity contribution in [2.45, 2.75) is 82.7 Å². The number of methoxy groups -OCH3 is 1. The van der Waals surface area contributed by atoms with Gasteiger partial charge in [-0.2, -0.15) is 9.97 Å². The first kappa shape index (κ1) is 34.0. The molecule has 0 saturated carbocycles. The van der Waals surface area contributed by atoms with Gasteiger partial charge >= 0.3 is 5.16 Å². The number of pyridine rings is 1. The lowest BCUT2D eigenvalue weighted by Crippen LogP contribution is -2.46. The van der Waals surface area contributed by atoms with Crippen molar-refractivity contribution in [3.8, 4) is 28.5 Å². The van der Waals surface area contributed by atoms with E-state index in [2.05, 4.69) is 74.8 Å². The van der Waals surface area contributed by atoms with Crippen molar-refractivity contribution >= 4 is 46.7 Å². The molecule has 4 aromatic rings. The van der Waals surface area contributed by atoms with Gasteiger partial charge in [0.1, 0.15) is 42.9 Å². The normalized spacial score (nSPS) is 15.9. The molecule has 2 atom stereocenters. The molecule has 1 aliphatic heterocycles. The van der Waals surface area contributed by atoms with Gasteiger partial charge in [0.15, 0.2) is 12.6 Å². The lowest BCUT2D eigenvalue weighted by Gasteiger charge is -2.40. The van der Waals surface area contributed by atoms with Crippen LogP contribution in [0.15, 0.2) is 35.6 Å². The molecular formula is C35H42F2N4O3SSi. The van der Waals surface area contributed by atoms with Gasteiger partial charge in [-0.25, -0.2) is 13.8 Å². The first-order valence-electron chi connectivity index (χ1n) is 15.7. The highest BCUT2D eigenvalue weighted by Crippen LogP contribution is 2.43. The Balaban J connectivity index is 1.89. The maximum Gasteiger partial charge on any atom is 0.343 e. The summed E-state index contributed by atoms with van der Waals surface area (Å²) in [5, 5.41) is 1.51. The van der Waals surface area contributed by atoms with Crippen molar-refractivity contribution in [3.05, 3.63) is 47.7 Å². The number of rotatable bonds is 9. The monoisotopic (exact) mass is 664 g/mol. The average Bonchev–Trinajstić information content (AvgIpc) is 3.00. The lowest BCUT2D eigenvalue weighted by atomic mass is 9.95. The van der Waals surface area contributed by atoms with Crippen LogP contribution >= 0.6 is 0 Å². The van der Waals surface area contributed by atoms with Crippen molar-refractivity contribution in [1.82, 2.24) is 15.0 Å². The van der Waals surface area contributed by atoms with Gasteiger partial charge in [0.05, 0.1) is 10.9 Å². The third-order valence-corrected chi connectivity index (χ3v) is 16.4. The van der Waals surface area contributed by atoms with Crippen LogP contribution in [0.4, 0.5) is 14.6 Å². The number of hydrogen-bond donors (Lipinski definition) is 0. The van der Waals surface area contributed by atoms with Gasteiger partial charge in [0.2, 0.25) is 0 Å². The Kier molecular flexibility index (Phi) is 9.94. The third kappa shape index (κ3) is 5.96. The van der Waals surface area contributed by atoms with Gasteiger partial charge in [-0.1, -0.05) is 53.5 Å². The Labute approximate surface area is 274 Å². The van der Waals surface area contributed by atoms with Crippen LogP contribution in [-0.2, 0) is 15.9 Å². The SMILES string of the molecule is COCOc1cc(-c2nc(N3CC[C@@H]3C)c3cnc([S+](C)[O-])nc3c2F)c2c(C#C[Si](C(C)C)(C(C)C)C(C)C)c(F)ccc2c1. The van der Waals surface area contributed by atoms with E-state index in [9.17, 15) is 4.55 Å². The summed E-state index contributed by atoms with van der Waals surface area (Å²) >= 11 is -1.54. The van der Waals surface area contributed by atoms with Gasteiger partial charge in [0, 0.05) is 48.0 Å². The molecule has 0 N–H and O–H groups in total. The second kappa shape index (κ2) is 13.4. The standard InChI is InChI=1S/C35H42F2N4O3SSi/c1-20(2)46(21(3)4,22(5)6)15-13-26-29(36)11-10-24-16-25(44-19-43-8)17-27(30(24)26)32-31(37)33-28(18-38-35(40-33)45(9)42)34(39-32)41-14-12-23(41)7/h10-11,16-18,20-23H,12,14,19H2,1-9H3/t23-,45?/m0/s1. The highest BCUT2D eigenvalue weighted by Gasteiger charge is 2.42. The van der Waals surface area contributed by atoms with Crippen LogP contribution in [0.3, 0.4) is 0 Å². The van der Waals surface area contributed by atoms with E-state index in [1.807, 2.05) is 0 Å². The Morgan fingerprint density at radius 2 is 1.78 bits per heavy atom. The highest BCUT2D eigenvalue weighted by atomic mass is 32.2. The predicted molar refractivity (Wildman–Crippen MR) is 184 cm³/mol. The Bertz CT molecular complexity index is 1820. The second-order valence-electron chi connectivity index (χ2n) is 13.0. The molecule has 2 aromatic carbocycles. The Hall–Kier alpha value is -3.30. The number of aromatic nitrogens is 3. The molecular weight excluding hydrogens is 623 g/mol. The summed E-state index contributed by atoms with van der Waals surface area (Å²) in [6.45, 7) is 16.0. The zero-order valence-electron chi connectivity index (χ0n) is 28.0. The number of anilines is 1. The number of benzene rings is 2. The summed E-state index contributed by atoms with van der Waals surface area (Å²) in [5.74, 6) is 3.02. The fraction of sp³-hybridized carbons (Fsp3) is 0.457. The molecule has 0 aliphatic carbocycles. The molecule has 1 fully saturated rings. The van der Waals surface area contributed by atoms with Gasteiger partial charge in [-0.3, -0.25) is 0 Å². The smallest absolute Gasteiger partial charge is 0.343 e. The van der Waals surface area contributed by atoms with Crippen molar-refractivity contribution in [1.29, 1.82) is 0 Å². The number of hydrogen-bond acceptors (Lipinski definition) is 7. The van der Waals surface area contributed by atoms with Crippen LogP contribution in [0.1, 0.15) is 60.5 Å². The fourth-order valence-electron chi connectivity index (χ4n) is 6.93. The van der Waals surface area contributed by atoms with Crippen LogP contribution < -0.4 is 9.64 Å². The number of halogens is 2. The quantitative estimate of drug-likeness (QED) is 0.0589. The molecule has 46 heavy (non-hydrogen) atoms. The van der Waals surface area contributed by atoms with E-state index in [0.29, 0.717) is 49.9 Å². The number of fused-ring (bicyclic) bond motifs is 2. The lowest BCUT2D eigenvalue weighted by molar-refractivity contribution is 0.0512. The first-order valence-corrected chi connectivity index (χ1v) is 19.5. The zero-order valence-corrected chi connectivity index (χ0v) is 29.8. The average molecular weight is 665 g/mol. The Morgan fingerprint density at radius 3 is 2.35 bits per heavy atom. The first-order chi connectivity index (χ1) is 21.8. The van der Waals surface area contributed by atoms with E-state index in [4.69, 9.17) is 14.5 Å². The summed E-state index contributed by atoms with van der Waals surface area (Å²) in [7, 11) is -0.737.